The Bertz CT molecular complexity index is 1180. The maximum absolute atomic E-state index is 15.3. The molecule has 0 aromatic heterocycles. The van der Waals surface area contributed by atoms with Crippen LogP contribution in [0.1, 0.15) is 20.8 Å². The van der Waals surface area contributed by atoms with Crippen LogP contribution in [0.4, 0.5) is 20.2 Å². The molecule has 0 bridgehead atoms. The minimum absolute atomic E-state index is 0.349. The Labute approximate surface area is 182 Å². The average Bonchev–Trinajstić information content (AvgIpc) is 2.76. The van der Waals surface area contributed by atoms with Crippen molar-refractivity contribution in [2.75, 3.05) is 4.90 Å². The first-order valence-electron chi connectivity index (χ1n) is 10.4. The molecule has 0 atom stereocenters. The highest BCUT2D eigenvalue weighted by molar-refractivity contribution is 5.84. The van der Waals surface area contributed by atoms with Crippen molar-refractivity contribution in [2.45, 2.75) is 26.3 Å². The van der Waals surface area contributed by atoms with Crippen LogP contribution in [0.5, 0.6) is 0 Å². The molecule has 1 nitrogen and oxygen atoms in total. The van der Waals surface area contributed by atoms with Crippen LogP contribution in [0.3, 0.4) is 0 Å². The fraction of sp³-hybridized carbons (Fsp3) is 0.143. The van der Waals surface area contributed by atoms with Crippen LogP contribution in [-0.4, -0.2) is 5.54 Å². The zero-order valence-electron chi connectivity index (χ0n) is 17.9. The van der Waals surface area contributed by atoms with Gasteiger partial charge in [-0.25, -0.2) is 8.78 Å². The van der Waals surface area contributed by atoms with E-state index in [9.17, 15) is 4.39 Å². The van der Waals surface area contributed by atoms with Crippen LogP contribution in [0, 0.1) is 11.6 Å². The second-order valence-electron chi connectivity index (χ2n) is 8.54. The monoisotopic (exact) mass is 413 g/mol. The molecule has 4 rings (SSSR count). The standard InChI is InChI=1S/C28H25F2N/c1-28(2,3)31(26-15-8-7-13-24(26)29)27-23(12-9-14-25(27)30)22-18-16-21(17-19-22)20-10-5-4-6-11-20/h4-19H,1-3H3. The molecule has 0 N–H and O–H groups in total. The summed E-state index contributed by atoms with van der Waals surface area (Å²) >= 11 is 0. The van der Waals surface area contributed by atoms with E-state index in [1.54, 1.807) is 29.2 Å². The molecule has 0 spiro atoms. The first-order valence-corrected chi connectivity index (χ1v) is 10.4. The lowest BCUT2D eigenvalue weighted by molar-refractivity contribution is 0.527. The molecule has 156 valence electrons. The van der Waals surface area contributed by atoms with Gasteiger partial charge in [-0.15, -0.1) is 0 Å². The van der Waals surface area contributed by atoms with Gasteiger partial charge in [0.2, 0.25) is 0 Å². The summed E-state index contributed by atoms with van der Waals surface area (Å²) in [6.07, 6.45) is 0. The lowest BCUT2D eigenvalue weighted by atomic mass is 9.95. The zero-order chi connectivity index (χ0) is 22.0. The minimum Gasteiger partial charge on any atom is -0.331 e. The highest BCUT2D eigenvalue weighted by Crippen LogP contribution is 2.42. The molecule has 31 heavy (non-hydrogen) atoms. The van der Waals surface area contributed by atoms with Gasteiger partial charge in [0.1, 0.15) is 11.6 Å². The Balaban J connectivity index is 1.86. The normalized spacial score (nSPS) is 11.4. The van der Waals surface area contributed by atoms with Crippen molar-refractivity contribution in [3.05, 3.63) is 109 Å². The van der Waals surface area contributed by atoms with Crippen molar-refractivity contribution in [2.24, 2.45) is 0 Å². The predicted octanol–water partition coefficient (Wildman–Crippen LogP) is 8.24. The predicted molar refractivity (Wildman–Crippen MR) is 126 cm³/mol. The molecule has 0 aliphatic rings. The summed E-state index contributed by atoms with van der Waals surface area (Å²) in [4.78, 5) is 1.75. The van der Waals surface area contributed by atoms with Crippen molar-refractivity contribution in [3.8, 4) is 22.3 Å². The fourth-order valence-corrected chi connectivity index (χ4v) is 3.90. The van der Waals surface area contributed by atoms with E-state index in [-0.39, 0.29) is 11.6 Å². The summed E-state index contributed by atoms with van der Waals surface area (Å²) in [5, 5.41) is 0. The molecule has 0 unspecified atom stereocenters. The number of hydrogen-bond acceptors (Lipinski definition) is 1. The Morgan fingerprint density at radius 1 is 0.548 bits per heavy atom. The van der Waals surface area contributed by atoms with Crippen LogP contribution in [-0.2, 0) is 0 Å². The van der Waals surface area contributed by atoms with Crippen molar-refractivity contribution in [3.63, 3.8) is 0 Å². The third-order valence-corrected chi connectivity index (χ3v) is 5.28. The Morgan fingerprint density at radius 2 is 1.10 bits per heavy atom. The number of para-hydroxylation sites is 2. The lowest BCUT2D eigenvalue weighted by Gasteiger charge is -2.39. The summed E-state index contributed by atoms with van der Waals surface area (Å²) in [5.41, 5.74) is 3.97. The van der Waals surface area contributed by atoms with Crippen molar-refractivity contribution in [1.29, 1.82) is 0 Å². The van der Waals surface area contributed by atoms with Crippen LogP contribution in [0.15, 0.2) is 97.1 Å². The van der Waals surface area contributed by atoms with E-state index in [1.807, 2.05) is 69.3 Å². The number of anilines is 2. The summed E-state index contributed by atoms with van der Waals surface area (Å²) in [5.74, 6) is -0.770. The van der Waals surface area contributed by atoms with Gasteiger partial charge in [0, 0.05) is 11.1 Å². The lowest BCUT2D eigenvalue weighted by Crippen LogP contribution is -2.39. The van der Waals surface area contributed by atoms with Gasteiger partial charge in [0.05, 0.1) is 11.4 Å². The largest absolute Gasteiger partial charge is 0.331 e. The SMILES string of the molecule is CC(C)(C)N(c1ccccc1F)c1c(F)cccc1-c1ccc(-c2ccccc2)cc1. The molecule has 0 saturated carbocycles. The van der Waals surface area contributed by atoms with Crippen molar-refractivity contribution in [1.82, 2.24) is 0 Å². The van der Waals surface area contributed by atoms with Gasteiger partial charge < -0.3 is 4.90 Å². The van der Waals surface area contributed by atoms with Gasteiger partial charge in [0.25, 0.3) is 0 Å². The number of benzene rings is 4. The van der Waals surface area contributed by atoms with Gasteiger partial charge in [-0.05, 0) is 55.7 Å². The quantitative estimate of drug-likeness (QED) is 0.326. The number of rotatable bonds is 4. The van der Waals surface area contributed by atoms with Crippen LogP contribution >= 0.6 is 0 Å². The molecule has 0 radical (unpaired) electrons. The molecule has 0 aliphatic carbocycles. The first-order chi connectivity index (χ1) is 14.9. The molecule has 0 heterocycles. The smallest absolute Gasteiger partial charge is 0.147 e. The Hall–Kier alpha value is -3.46. The second-order valence-corrected chi connectivity index (χ2v) is 8.54. The molecule has 0 saturated heterocycles. The highest BCUT2D eigenvalue weighted by Gasteiger charge is 2.30. The van der Waals surface area contributed by atoms with E-state index in [1.165, 1.54) is 12.1 Å². The maximum Gasteiger partial charge on any atom is 0.147 e. The maximum atomic E-state index is 15.3. The summed E-state index contributed by atoms with van der Waals surface area (Å²) < 4.78 is 30.1. The first kappa shape index (κ1) is 20.8. The van der Waals surface area contributed by atoms with Crippen LogP contribution in [0.25, 0.3) is 22.3 Å². The zero-order valence-corrected chi connectivity index (χ0v) is 17.9. The van der Waals surface area contributed by atoms with Crippen molar-refractivity contribution < 1.29 is 8.78 Å². The van der Waals surface area contributed by atoms with E-state index in [0.717, 1.165) is 22.3 Å². The number of hydrogen-bond donors (Lipinski definition) is 0. The molecule has 4 aromatic carbocycles. The molecule has 4 aromatic rings. The van der Waals surface area contributed by atoms with Gasteiger partial charge in [-0.3, -0.25) is 0 Å². The fourth-order valence-electron chi connectivity index (χ4n) is 3.90. The third kappa shape index (κ3) is 4.22. The van der Waals surface area contributed by atoms with Gasteiger partial charge >= 0.3 is 0 Å². The second kappa shape index (κ2) is 8.35. The van der Waals surface area contributed by atoms with E-state index >= 15 is 4.39 Å². The summed E-state index contributed by atoms with van der Waals surface area (Å²) in [6.45, 7) is 5.86. The molecular formula is C28H25F2N. The summed E-state index contributed by atoms with van der Waals surface area (Å²) in [7, 11) is 0. The molecular weight excluding hydrogens is 388 g/mol. The van der Waals surface area contributed by atoms with E-state index < -0.39 is 5.54 Å². The minimum atomic E-state index is -0.552. The Kier molecular flexibility index (Phi) is 5.60. The van der Waals surface area contributed by atoms with E-state index in [0.29, 0.717) is 11.4 Å². The number of nitrogens with zero attached hydrogens (tertiary/aromatic N) is 1. The highest BCUT2D eigenvalue weighted by atomic mass is 19.1. The van der Waals surface area contributed by atoms with Crippen molar-refractivity contribution >= 4 is 11.4 Å². The van der Waals surface area contributed by atoms with Gasteiger partial charge in [-0.1, -0.05) is 78.9 Å². The van der Waals surface area contributed by atoms with Gasteiger partial charge in [-0.2, -0.15) is 0 Å². The molecule has 0 fully saturated rings. The number of halogens is 2. The van der Waals surface area contributed by atoms with Crippen LogP contribution < -0.4 is 4.90 Å². The van der Waals surface area contributed by atoms with Crippen LogP contribution in [0.2, 0.25) is 0 Å². The summed E-state index contributed by atoms with van der Waals surface area (Å²) in [6, 6.07) is 29.7. The average molecular weight is 414 g/mol. The molecule has 0 amide bonds. The van der Waals surface area contributed by atoms with Gasteiger partial charge in [0.15, 0.2) is 0 Å². The Morgan fingerprint density at radius 3 is 1.74 bits per heavy atom. The van der Waals surface area contributed by atoms with E-state index in [2.05, 4.69) is 12.1 Å². The molecule has 0 aliphatic heterocycles. The third-order valence-electron chi connectivity index (χ3n) is 5.28. The topological polar surface area (TPSA) is 3.24 Å². The molecule has 3 heteroatoms. The van der Waals surface area contributed by atoms with E-state index in [4.69, 9.17) is 0 Å².